The minimum absolute atomic E-state index is 0.0251. The molecule has 0 spiro atoms. The number of H-pyrrole nitrogens is 1. The molecule has 0 bridgehead atoms. The van der Waals surface area contributed by atoms with Crippen LogP contribution in [0, 0.1) is 11.6 Å². The Hall–Kier alpha value is -3.29. The highest BCUT2D eigenvalue weighted by Gasteiger charge is 2.15. The summed E-state index contributed by atoms with van der Waals surface area (Å²) in [6, 6.07) is 10.1. The molecule has 0 saturated heterocycles. The highest BCUT2D eigenvalue weighted by atomic mass is 19.1. The molecular formula is C16H12F2N4O2. The molecule has 0 radical (unpaired) electrons. The van der Waals surface area contributed by atoms with E-state index in [1.54, 1.807) is 24.3 Å². The first-order chi connectivity index (χ1) is 11.6. The zero-order valence-corrected chi connectivity index (χ0v) is 12.3. The van der Waals surface area contributed by atoms with E-state index in [9.17, 15) is 13.6 Å². The van der Waals surface area contributed by atoms with Crippen molar-refractivity contribution in [3.05, 3.63) is 65.4 Å². The number of carbonyl (C=O) groups excluding carboxylic acids is 1. The van der Waals surface area contributed by atoms with Crippen molar-refractivity contribution in [2.45, 2.75) is 6.61 Å². The van der Waals surface area contributed by atoms with Crippen LogP contribution < -0.4 is 10.5 Å². The van der Waals surface area contributed by atoms with Gasteiger partial charge < -0.3 is 10.5 Å². The van der Waals surface area contributed by atoms with Gasteiger partial charge in [-0.1, -0.05) is 6.07 Å². The van der Waals surface area contributed by atoms with Gasteiger partial charge in [0, 0.05) is 5.56 Å². The Kier molecular flexibility index (Phi) is 4.19. The number of aromatic amines is 1. The van der Waals surface area contributed by atoms with Crippen LogP contribution in [0.25, 0.3) is 11.3 Å². The van der Waals surface area contributed by atoms with Crippen molar-refractivity contribution in [1.29, 1.82) is 0 Å². The molecule has 0 aliphatic heterocycles. The van der Waals surface area contributed by atoms with Crippen molar-refractivity contribution in [1.82, 2.24) is 15.4 Å². The first-order valence-corrected chi connectivity index (χ1v) is 6.93. The first kappa shape index (κ1) is 15.6. The summed E-state index contributed by atoms with van der Waals surface area (Å²) in [5, 5.41) is 9.90. The summed E-state index contributed by atoms with van der Waals surface area (Å²) in [4.78, 5) is 11.3. The monoisotopic (exact) mass is 330 g/mol. The Morgan fingerprint density at radius 3 is 2.38 bits per heavy atom. The fourth-order valence-electron chi connectivity index (χ4n) is 2.14. The van der Waals surface area contributed by atoms with Gasteiger partial charge in [-0.15, -0.1) is 0 Å². The normalized spacial score (nSPS) is 10.6. The minimum atomic E-state index is -0.700. The highest BCUT2D eigenvalue weighted by molar-refractivity contribution is 5.96. The number of ether oxygens (including phenoxy) is 1. The van der Waals surface area contributed by atoms with Gasteiger partial charge in [0.1, 0.15) is 29.7 Å². The third-order valence-electron chi connectivity index (χ3n) is 3.35. The van der Waals surface area contributed by atoms with Crippen molar-refractivity contribution in [3.63, 3.8) is 0 Å². The van der Waals surface area contributed by atoms with Crippen LogP contribution >= 0.6 is 0 Å². The number of carbonyl (C=O) groups is 1. The number of halogens is 2. The molecule has 8 heteroatoms. The third-order valence-corrected chi connectivity index (χ3v) is 3.35. The van der Waals surface area contributed by atoms with Crippen LogP contribution in [0.2, 0.25) is 0 Å². The summed E-state index contributed by atoms with van der Waals surface area (Å²) in [6.07, 6.45) is 0. The number of nitrogens with zero attached hydrogens (tertiary/aromatic N) is 2. The van der Waals surface area contributed by atoms with Gasteiger partial charge in [-0.2, -0.15) is 15.4 Å². The molecule has 1 amide bonds. The van der Waals surface area contributed by atoms with Crippen LogP contribution in [0.15, 0.2) is 42.5 Å². The fraction of sp³-hybridized carbons (Fsp3) is 0.0625. The van der Waals surface area contributed by atoms with Gasteiger partial charge in [0.05, 0.1) is 5.56 Å². The summed E-state index contributed by atoms with van der Waals surface area (Å²) in [6.45, 7) is -0.242. The number of nitrogens with one attached hydrogen (secondary N) is 1. The number of amides is 1. The van der Waals surface area contributed by atoms with Gasteiger partial charge in [-0.3, -0.25) is 4.79 Å². The smallest absolute Gasteiger partial charge is 0.271 e. The molecular weight excluding hydrogens is 318 g/mol. The summed E-state index contributed by atoms with van der Waals surface area (Å²) >= 11 is 0. The van der Waals surface area contributed by atoms with Crippen molar-refractivity contribution < 1.29 is 18.3 Å². The number of hydrogen-bond acceptors (Lipinski definition) is 4. The van der Waals surface area contributed by atoms with Gasteiger partial charge in [-0.25, -0.2) is 8.78 Å². The standard InChI is InChI=1S/C16H12F2N4O2/c17-12-2-1-3-13(18)11(12)8-24-10-6-4-9(5-7-10)14-15(16(19)23)21-22-20-14/h1-7H,8H2,(H2,19,23)(H,20,21,22). The Labute approximate surface area is 135 Å². The summed E-state index contributed by atoms with van der Waals surface area (Å²) in [7, 11) is 0. The molecule has 0 fully saturated rings. The molecule has 0 aliphatic carbocycles. The van der Waals surface area contributed by atoms with E-state index in [1.807, 2.05) is 0 Å². The number of primary amides is 1. The topological polar surface area (TPSA) is 93.9 Å². The van der Waals surface area contributed by atoms with Crippen LogP contribution in [0.1, 0.15) is 16.1 Å². The molecule has 24 heavy (non-hydrogen) atoms. The van der Waals surface area contributed by atoms with E-state index in [4.69, 9.17) is 10.5 Å². The SMILES string of the molecule is NC(=O)c1n[nH]nc1-c1ccc(OCc2c(F)cccc2F)cc1. The van der Waals surface area contributed by atoms with Gasteiger partial charge in [-0.05, 0) is 36.4 Å². The second-order valence-electron chi connectivity index (χ2n) is 4.90. The van der Waals surface area contributed by atoms with Crippen LogP contribution in [0.3, 0.4) is 0 Å². The Morgan fingerprint density at radius 2 is 1.75 bits per heavy atom. The van der Waals surface area contributed by atoms with E-state index < -0.39 is 17.5 Å². The molecule has 0 unspecified atom stereocenters. The molecule has 1 heterocycles. The molecule has 2 aromatic carbocycles. The minimum Gasteiger partial charge on any atom is -0.489 e. The predicted molar refractivity (Wildman–Crippen MR) is 81.0 cm³/mol. The van der Waals surface area contributed by atoms with E-state index in [-0.39, 0.29) is 17.9 Å². The van der Waals surface area contributed by atoms with E-state index in [0.29, 0.717) is 17.0 Å². The number of rotatable bonds is 5. The lowest BCUT2D eigenvalue weighted by molar-refractivity contribution is 0.0996. The molecule has 0 aliphatic rings. The van der Waals surface area contributed by atoms with E-state index in [0.717, 1.165) is 0 Å². The van der Waals surface area contributed by atoms with Crippen LogP contribution in [-0.2, 0) is 6.61 Å². The van der Waals surface area contributed by atoms with Gasteiger partial charge in [0.15, 0.2) is 5.69 Å². The first-order valence-electron chi connectivity index (χ1n) is 6.93. The quantitative estimate of drug-likeness (QED) is 0.751. The molecule has 3 N–H and O–H groups in total. The lowest BCUT2D eigenvalue weighted by atomic mass is 10.1. The fourth-order valence-corrected chi connectivity index (χ4v) is 2.14. The Morgan fingerprint density at radius 1 is 1.08 bits per heavy atom. The number of nitrogens with two attached hydrogens (primary N) is 1. The molecule has 3 rings (SSSR count). The van der Waals surface area contributed by atoms with Crippen LogP contribution in [-0.4, -0.2) is 21.3 Å². The van der Waals surface area contributed by atoms with E-state index in [2.05, 4.69) is 15.4 Å². The lowest BCUT2D eigenvalue weighted by Crippen LogP contribution is -2.12. The van der Waals surface area contributed by atoms with Crippen LogP contribution in [0.4, 0.5) is 8.78 Å². The highest BCUT2D eigenvalue weighted by Crippen LogP contribution is 2.23. The number of aromatic nitrogens is 3. The average Bonchev–Trinajstić information content (AvgIpc) is 3.05. The molecule has 1 aromatic heterocycles. The third kappa shape index (κ3) is 3.07. The van der Waals surface area contributed by atoms with E-state index >= 15 is 0 Å². The van der Waals surface area contributed by atoms with Crippen molar-refractivity contribution in [2.24, 2.45) is 5.73 Å². The lowest BCUT2D eigenvalue weighted by Gasteiger charge is -2.08. The second kappa shape index (κ2) is 6.45. The van der Waals surface area contributed by atoms with Crippen molar-refractivity contribution in [2.75, 3.05) is 0 Å². The molecule has 3 aromatic rings. The number of benzene rings is 2. The average molecular weight is 330 g/mol. The predicted octanol–water partition coefficient (Wildman–Crippen LogP) is 2.43. The molecule has 0 atom stereocenters. The summed E-state index contributed by atoms with van der Waals surface area (Å²) in [5.74, 6) is -1.62. The Bertz CT molecular complexity index is 858. The van der Waals surface area contributed by atoms with Crippen molar-refractivity contribution in [3.8, 4) is 17.0 Å². The Balaban J connectivity index is 1.75. The number of hydrogen-bond donors (Lipinski definition) is 2. The molecule has 0 saturated carbocycles. The summed E-state index contributed by atoms with van der Waals surface area (Å²) < 4.78 is 32.5. The zero-order valence-electron chi connectivity index (χ0n) is 12.3. The van der Waals surface area contributed by atoms with Gasteiger partial charge >= 0.3 is 0 Å². The van der Waals surface area contributed by atoms with Crippen molar-refractivity contribution >= 4 is 5.91 Å². The van der Waals surface area contributed by atoms with E-state index in [1.165, 1.54) is 18.2 Å². The molecule has 122 valence electrons. The largest absolute Gasteiger partial charge is 0.489 e. The van der Waals surface area contributed by atoms with Gasteiger partial charge in [0.2, 0.25) is 0 Å². The summed E-state index contributed by atoms with van der Waals surface area (Å²) in [5.41, 5.74) is 6.00. The zero-order chi connectivity index (χ0) is 17.1. The second-order valence-corrected chi connectivity index (χ2v) is 4.90. The van der Waals surface area contributed by atoms with Crippen LogP contribution in [0.5, 0.6) is 5.75 Å². The van der Waals surface area contributed by atoms with Gasteiger partial charge in [0.25, 0.3) is 5.91 Å². The maximum absolute atomic E-state index is 13.5. The maximum atomic E-state index is 13.5. The molecule has 6 nitrogen and oxygen atoms in total. The maximum Gasteiger partial charge on any atom is 0.271 e.